The third kappa shape index (κ3) is 4.28. The molecule has 1 aliphatic rings. The number of aromatic hydroxyl groups is 1. The van der Waals surface area contributed by atoms with Crippen LogP contribution in [0.15, 0.2) is 18.2 Å². The minimum atomic E-state index is -0.123. The monoisotopic (exact) mass is 265 g/mol. The first-order chi connectivity index (χ1) is 9.10. The molecule has 0 saturated heterocycles. The van der Waals surface area contributed by atoms with Crippen molar-refractivity contribution in [1.82, 2.24) is 0 Å². The zero-order valence-corrected chi connectivity index (χ0v) is 11.2. The number of fused-ring (bicyclic) bond motifs is 1. The molecule has 2 N–H and O–H groups in total. The molecular weight excluding hydrogens is 246 g/mol. The number of Topliss-reactive ketones (excluding diaryl/α,β-unsaturated/α-hetero) is 1. The number of carbonyl (C=O) groups excluding carboxylic acids is 2. The molecule has 5 heteroatoms. The van der Waals surface area contributed by atoms with Gasteiger partial charge in [0.25, 0.3) is 0 Å². The number of esters is 1. The van der Waals surface area contributed by atoms with Gasteiger partial charge in [-0.1, -0.05) is 13.0 Å². The number of anilines is 1. The second kappa shape index (κ2) is 7.41. The average molecular weight is 265 g/mol. The predicted octanol–water partition coefficient (Wildman–Crippen LogP) is 2.35. The summed E-state index contributed by atoms with van der Waals surface area (Å²) in [5.74, 6) is -0.0333. The standard InChI is InChI=1S/C9H9NO2.C5H10O2/c11-7-3-1-2-6-9(7)8(12)4-5-10-6;1-3-5(6)7-4-2/h1-3,10-11H,4-5H2;3-4H2,1-2H3. The van der Waals surface area contributed by atoms with Crippen LogP contribution in [0.25, 0.3) is 0 Å². The highest BCUT2D eigenvalue weighted by Crippen LogP contribution is 2.29. The lowest BCUT2D eigenvalue weighted by Gasteiger charge is -2.17. The molecule has 0 unspecified atom stereocenters. The van der Waals surface area contributed by atoms with Gasteiger partial charge in [0.05, 0.1) is 12.2 Å². The van der Waals surface area contributed by atoms with Crippen LogP contribution < -0.4 is 5.32 Å². The molecule has 1 heterocycles. The van der Waals surface area contributed by atoms with Crippen LogP contribution in [0.5, 0.6) is 5.75 Å². The number of nitrogens with one attached hydrogen (secondary N) is 1. The SMILES string of the molecule is CCOC(=O)CC.O=C1CCNc2cccc(O)c21. The van der Waals surface area contributed by atoms with Crippen molar-refractivity contribution < 1.29 is 19.4 Å². The molecule has 0 fully saturated rings. The highest BCUT2D eigenvalue weighted by molar-refractivity contribution is 6.05. The van der Waals surface area contributed by atoms with Gasteiger partial charge in [0, 0.05) is 25.1 Å². The van der Waals surface area contributed by atoms with Crippen molar-refractivity contribution in [3.63, 3.8) is 0 Å². The van der Waals surface area contributed by atoms with Gasteiger partial charge in [0.2, 0.25) is 0 Å². The van der Waals surface area contributed by atoms with Gasteiger partial charge < -0.3 is 15.2 Å². The van der Waals surface area contributed by atoms with Gasteiger partial charge in [-0.3, -0.25) is 9.59 Å². The molecule has 1 aromatic carbocycles. The van der Waals surface area contributed by atoms with E-state index in [1.807, 2.05) is 0 Å². The predicted molar refractivity (Wildman–Crippen MR) is 72.5 cm³/mol. The Labute approximate surface area is 112 Å². The third-order valence-electron chi connectivity index (χ3n) is 2.58. The zero-order valence-electron chi connectivity index (χ0n) is 11.2. The highest BCUT2D eigenvalue weighted by Gasteiger charge is 2.19. The topological polar surface area (TPSA) is 75.6 Å². The maximum atomic E-state index is 11.3. The fraction of sp³-hybridized carbons (Fsp3) is 0.429. The molecule has 104 valence electrons. The molecule has 0 aromatic heterocycles. The highest BCUT2D eigenvalue weighted by atomic mass is 16.5. The molecule has 1 aliphatic heterocycles. The molecular formula is C14H19NO4. The first-order valence-corrected chi connectivity index (χ1v) is 6.34. The van der Waals surface area contributed by atoms with E-state index in [1.165, 1.54) is 6.07 Å². The van der Waals surface area contributed by atoms with Crippen LogP contribution in [0.3, 0.4) is 0 Å². The summed E-state index contributed by atoms with van der Waals surface area (Å²) >= 11 is 0. The van der Waals surface area contributed by atoms with Crippen molar-refractivity contribution in [1.29, 1.82) is 0 Å². The summed E-state index contributed by atoms with van der Waals surface area (Å²) in [5.41, 5.74) is 1.18. The number of phenols is 1. The molecule has 0 radical (unpaired) electrons. The normalized spacial score (nSPS) is 12.6. The smallest absolute Gasteiger partial charge is 0.305 e. The fourth-order valence-corrected chi connectivity index (χ4v) is 1.68. The van der Waals surface area contributed by atoms with Crippen LogP contribution in [0.1, 0.15) is 37.0 Å². The Hall–Kier alpha value is -2.04. The van der Waals surface area contributed by atoms with Crippen molar-refractivity contribution in [2.75, 3.05) is 18.5 Å². The molecule has 0 spiro atoms. The van der Waals surface area contributed by atoms with Crippen molar-refractivity contribution in [2.45, 2.75) is 26.7 Å². The van der Waals surface area contributed by atoms with Crippen LogP contribution in [0, 0.1) is 0 Å². The summed E-state index contributed by atoms with van der Waals surface area (Å²) in [4.78, 5) is 21.5. The van der Waals surface area contributed by atoms with Gasteiger partial charge in [0.1, 0.15) is 5.75 Å². The van der Waals surface area contributed by atoms with Gasteiger partial charge in [-0.05, 0) is 19.1 Å². The Kier molecular flexibility index (Phi) is 5.85. The van der Waals surface area contributed by atoms with Gasteiger partial charge in [-0.2, -0.15) is 0 Å². The minimum Gasteiger partial charge on any atom is -0.507 e. The van der Waals surface area contributed by atoms with Gasteiger partial charge >= 0.3 is 5.97 Å². The van der Waals surface area contributed by atoms with E-state index in [9.17, 15) is 14.7 Å². The Morgan fingerprint density at radius 3 is 2.68 bits per heavy atom. The van der Waals surface area contributed by atoms with Gasteiger partial charge in [-0.15, -0.1) is 0 Å². The molecule has 0 bridgehead atoms. The van der Waals surface area contributed by atoms with E-state index in [0.29, 0.717) is 31.6 Å². The van der Waals surface area contributed by atoms with E-state index in [4.69, 9.17) is 0 Å². The minimum absolute atomic E-state index is 0.0156. The van der Waals surface area contributed by atoms with E-state index in [0.717, 1.165) is 5.69 Å². The zero-order chi connectivity index (χ0) is 14.3. The van der Waals surface area contributed by atoms with Crippen LogP contribution in [0.4, 0.5) is 5.69 Å². The van der Waals surface area contributed by atoms with E-state index >= 15 is 0 Å². The molecule has 0 saturated carbocycles. The summed E-state index contributed by atoms with van der Waals surface area (Å²) in [6.45, 7) is 4.73. The number of ketones is 1. The molecule has 0 amide bonds. The summed E-state index contributed by atoms with van der Waals surface area (Å²) in [7, 11) is 0. The average Bonchev–Trinajstić information content (AvgIpc) is 2.40. The number of benzene rings is 1. The quantitative estimate of drug-likeness (QED) is 0.803. The van der Waals surface area contributed by atoms with E-state index in [-0.39, 0.29) is 17.5 Å². The lowest BCUT2D eigenvalue weighted by Crippen LogP contribution is -2.17. The molecule has 0 aliphatic carbocycles. The number of rotatable bonds is 2. The molecule has 1 aromatic rings. The van der Waals surface area contributed by atoms with E-state index in [2.05, 4.69) is 10.1 Å². The van der Waals surface area contributed by atoms with Gasteiger partial charge in [0.15, 0.2) is 5.78 Å². The summed E-state index contributed by atoms with van der Waals surface area (Å²) in [6.07, 6.45) is 0.943. The fourth-order valence-electron chi connectivity index (χ4n) is 1.68. The first kappa shape index (κ1) is 15.0. The second-order valence-electron chi connectivity index (χ2n) is 3.96. The lowest BCUT2D eigenvalue weighted by molar-refractivity contribution is -0.142. The molecule has 2 rings (SSSR count). The van der Waals surface area contributed by atoms with Gasteiger partial charge in [-0.25, -0.2) is 0 Å². The molecule has 0 atom stereocenters. The van der Waals surface area contributed by atoms with Crippen molar-refractivity contribution in [3.05, 3.63) is 23.8 Å². The number of phenolic OH excluding ortho intramolecular Hbond substituents is 1. The van der Waals surface area contributed by atoms with Crippen LogP contribution >= 0.6 is 0 Å². The Morgan fingerprint density at radius 1 is 1.42 bits per heavy atom. The summed E-state index contributed by atoms with van der Waals surface area (Å²) < 4.78 is 4.55. The largest absolute Gasteiger partial charge is 0.507 e. The summed E-state index contributed by atoms with van der Waals surface area (Å²) in [5, 5.41) is 12.4. The number of carbonyl (C=O) groups is 2. The number of hydrogen-bond donors (Lipinski definition) is 2. The van der Waals surface area contributed by atoms with Crippen molar-refractivity contribution >= 4 is 17.4 Å². The van der Waals surface area contributed by atoms with Crippen LogP contribution in [0.2, 0.25) is 0 Å². The maximum Gasteiger partial charge on any atom is 0.305 e. The van der Waals surface area contributed by atoms with Crippen molar-refractivity contribution in [2.24, 2.45) is 0 Å². The Morgan fingerprint density at radius 2 is 2.16 bits per heavy atom. The Bertz CT molecular complexity index is 457. The summed E-state index contributed by atoms with van der Waals surface area (Å²) in [6, 6.07) is 5.05. The first-order valence-electron chi connectivity index (χ1n) is 6.34. The van der Waals surface area contributed by atoms with Crippen molar-refractivity contribution in [3.8, 4) is 5.75 Å². The lowest BCUT2D eigenvalue weighted by atomic mass is 10.0. The number of hydrogen-bond acceptors (Lipinski definition) is 5. The second-order valence-corrected chi connectivity index (χ2v) is 3.96. The van der Waals surface area contributed by atoms with Crippen LogP contribution in [-0.4, -0.2) is 30.0 Å². The maximum absolute atomic E-state index is 11.3. The third-order valence-corrected chi connectivity index (χ3v) is 2.58. The molecule has 5 nitrogen and oxygen atoms in total. The molecule has 19 heavy (non-hydrogen) atoms. The van der Waals surface area contributed by atoms with E-state index in [1.54, 1.807) is 26.0 Å². The van der Waals surface area contributed by atoms with Crippen LogP contribution in [-0.2, 0) is 9.53 Å². The number of ether oxygens (including phenoxy) is 1. The van der Waals surface area contributed by atoms with E-state index < -0.39 is 0 Å². The Balaban J connectivity index is 0.000000224.